The molecule has 1 aliphatic rings. The number of anilines is 1. The van der Waals surface area contributed by atoms with Crippen LogP contribution in [0.2, 0.25) is 0 Å². The van der Waals surface area contributed by atoms with Gasteiger partial charge in [0.15, 0.2) is 24.0 Å². The molecule has 1 fully saturated rings. The molecule has 0 radical (unpaired) electrons. The SMILES string of the molecule is CO[C@@H]1[C@H](O)[C@@H](COC(=O)COc2ccccc2)O[C@H]1n1cnc2c(=O)[nH]c(NC(C)C)nc21. The number of aliphatic hydroxyl groups excluding tert-OH is 1. The van der Waals surface area contributed by atoms with Crippen molar-refractivity contribution in [1.29, 1.82) is 0 Å². The number of carbonyl (C=O) groups is 1. The van der Waals surface area contributed by atoms with Gasteiger partial charge in [-0.25, -0.2) is 9.78 Å². The average molecular weight is 473 g/mol. The van der Waals surface area contributed by atoms with E-state index >= 15 is 0 Å². The maximum atomic E-state index is 12.4. The molecule has 1 aromatic carbocycles. The number of aliphatic hydroxyl groups is 1. The third-order valence-electron chi connectivity index (χ3n) is 5.23. The van der Waals surface area contributed by atoms with Gasteiger partial charge >= 0.3 is 5.97 Å². The van der Waals surface area contributed by atoms with Crippen LogP contribution in [0.5, 0.6) is 5.75 Å². The van der Waals surface area contributed by atoms with Gasteiger partial charge in [-0.1, -0.05) is 18.2 Å². The number of esters is 1. The highest BCUT2D eigenvalue weighted by atomic mass is 16.6. The summed E-state index contributed by atoms with van der Waals surface area (Å²) in [4.78, 5) is 35.7. The topological polar surface area (TPSA) is 150 Å². The molecule has 12 nitrogen and oxygen atoms in total. The summed E-state index contributed by atoms with van der Waals surface area (Å²) in [5.41, 5.74) is -0.0291. The number of methoxy groups -OCH3 is 1. The number of nitrogens with zero attached hydrogens (tertiary/aromatic N) is 3. The number of hydrogen-bond donors (Lipinski definition) is 3. The fourth-order valence-electron chi connectivity index (χ4n) is 3.66. The second kappa shape index (κ2) is 10.2. The number of rotatable bonds is 9. The largest absolute Gasteiger partial charge is 0.482 e. The van der Waals surface area contributed by atoms with Gasteiger partial charge in [-0.15, -0.1) is 0 Å². The Morgan fingerprint density at radius 2 is 2.09 bits per heavy atom. The average Bonchev–Trinajstić information content (AvgIpc) is 3.37. The summed E-state index contributed by atoms with van der Waals surface area (Å²) in [5.74, 6) is 0.213. The molecule has 0 spiro atoms. The highest BCUT2D eigenvalue weighted by Crippen LogP contribution is 2.33. The number of imidazole rings is 1. The maximum Gasteiger partial charge on any atom is 0.344 e. The Hall–Kier alpha value is -3.48. The lowest BCUT2D eigenvalue weighted by molar-refractivity contribution is -0.152. The molecule has 1 saturated heterocycles. The van der Waals surface area contributed by atoms with E-state index < -0.39 is 36.1 Å². The van der Waals surface area contributed by atoms with Crippen LogP contribution >= 0.6 is 0 Å². The number of fused-ring (bicyclic) bond motifs is 1. The molecule has 12 heteroatoms. The highest BCUT2D eigenvalue weighted by Gasteiger charge is 2.46. The first-order valence-electron chi connectivity index (χ1n) is 10.8. The van der Waals surface area contributed by atoms with Crippen LogP contribution in [0.4, 0.5) is 5.95 Å². The molecule has 0 bridgehead atoms. The number of para-hydroxylation sites is 1. The van der Waals surface area contributed by atoms with Gasteiger partial charge in [-0.2, -0.15) is 4.98 Å². The van der Waals surface area contributed by atoms with Crippen molar-refractivity contribution in [3.63, 3.8) is 0 Å². The van der Waals surface area contributed by atoms with Crippen LogP contribution in [-0.2, 0) is 19.0 Å². The van der Waals surface area contributed by atoms with Gasteiger partial charge in [0.2, 0.25) is 5.95 Å². The van der Waals surface area contributed by atoms with Crippen LogP contribution in [0.3, 0.4) is 0 Å². The van der Waals surface area contributed by atoms with Crippen LogP contribution in [-0.4, -0.2) is 75.3 Å². The minimum atomic E-state index is -1.11. The van der Waals surface area contributed by atoms with Crippen LogP contribution in [0, 0.1) is 0 Å². The van der Waals surface area contributed by atoms with Crippen LogP contribution in [0.25, 0.3) is 11.2 Å². The molecule has 0 aliphatic carbocycles. The standard InChI is InChI=1S/C22H27N5O7/c1-12(2)24-22-25-19-16(20(30)26-22)23-11-27(19)21-18(31-3)17(29)14(34-21)9-33-15(28)10-32-13-7-5-4-6-8-13/h4-8,11-12,14,17-18,21,29H,9-10H2,1-3H3,(H2,24,25,26,30)/t14-,17-,18-,21-/m1/s1. The van der Waals surface area contributed by atoms with E-state index in [1.54, 1.807) is 24.3 Å². The van der Waals surface area contributed by atoms with Crippen LogP contribution in [0.1, 0.15) is 20.1 Å². The van der Waals surface area contributed by atoms with E-state index in [1.165, 1.54) is 18.0 Å². The highest BCUT2D eigenvalue weighted by molar-refractivity contribution is 5.71. The zero-order valence-electron chi connectivity index (χ0n) is 19.0. The van der Waals surface area contributed by atoms with E-state index in [2.05, 4.69) is 20.3 Å². The summed E-state index contributed by atoms with van der Waals surface area (Å²) < 4.78 is 23.5. The number of benzene rings is 1. The first kappa shape index (κ1) is 23.7. The summed E-state index contributed by atoms with van der Waals surface area (Å²) in [6, 6.07) is 8.91. The van der Waals surface area contributed by atoms with Crippen molar-refractivity contribution in [1.82, 2.24) is 19.5 Å². The van der Waals surface area contributed by atoms with Gasteiger partial charge in [-0.3, -0.25) is 14.3 Å². The summed E-state index contributed by atoms with van der Waals surface area (Å²) in [6.07, 6.45) is -2.24. The molecule has 2 aromatic heterocycles. The maximum absolute atomic E-state index is 12.4. The van der Waals surface area contributed by atoms with Gasteiger partial charge in [0, 0.05) is 13.2 Å². The molecule has 34 heavy (non-hydrogen) atoms. The summed E-state index contributed by atoms with van der Waals surface area (Å²) in [5, 5.41) is 13.8. The third-order valence-corrected chi connectivity index (χ3v) is 5.23. The Morgan fingerprint density at radius 3 is 2.79 bits per heavy atom. The molecule has 3 N–H and O–H groups in total. The minimum Gasteiger partial charge on any atom is -0.482 e. The van der Waals surface area contributed by atoms with Gasteiger partial charge in [0.25, 0.3) is 5.56 Å². The number of aromatic amines is 1. The predicted octanol–water partition coefficient (Wildman–Crippen LogP) is 0.835. The lowest BCUT2D eigenvalue weighted by Gasteiger charge is -2.20. The molecule has 0 saturated carbocycles. The van der Waals surface area contributed by atoms with Crippen LogP contribution < -0.4 is 15.6 Å². The summed E-state index contributed by atoms with van der Waals surface area (Å²) in [6.45, 7) is 3.33. The Bertz CT molecular complexity index is 1180. The van der Waals surface area contributed by atoms with Crippen molar-refractivity contribution in [2.45, 2.75) is 44.4 Å². The van der Waals surface area contributed by atoms with E-state index in [0.29, 0.717) is 5.75 Å². The summed E-state index contributed by atoms with van der Waals surface area (Å²) in [7, 11) is 1.43. The molecule has 1 aliphatic heterocycles. The number of H-pyrrole nitrogens is 1. The summed E-state index contributed by atoms with van der Waals surface area (Å²) >= 11 is 0. The lowest BCUT2D eigenvalue weighted by Crippen LogP contribution is -2.36. The predicted molar refractivity (Wildman–Crippen MR) is 121 cm³/mol. The first-order valence-corrected chi connectivity index (χ1v) is 10.8. The normalized spacial score (nSPS) is 22.3. The van der Waals surface area contributed by atoms with E-state index in [-0.39, 0.29) is 36.4 Å². The number of nitrogens with one attached hydrogen (secondary N) is 2. The monoisotopic (exact) mass is 473 g/mol. The second-order valence-electron chi connectivity index (χ2n) is 8.08. The quantitative estimate of drug-likeness (QED) is 0.381. The Morgan fingerprint density at radius 1 is 1.32 bits per heavy atom. The first-order chi connectivity index (χ1) is 16.4. The fourth-order valence-corrected chi connectivity index (χ4v) is 3.66. The van der Waals surface area contributed by atoms with Gasteiger partial charge in [0.05, 0.1) is 6.33 Å². The van der Waals surface area contributed by atoms with Crippen molar-refractivity contribution in [3.05, 3.63) is 47.0 Å². The van der Waals surface area contributed by atoms with Crippen LogP contribution in [0.15, 0.2) is 41.5 Å². The Kier molecular flexibility index (Phi) is 7.10. The fraction of sp³-hybridized carbons (Fsp3) is 0.455. The van der Waals surface area contributed by atoms with E-state index in [9.17, 15) is 14.7 Å². The second-order valence-corrected chi connectivity index (χ2v) is 8.08. The Labute approximate surface area is 194 Å². The minimum absolute atomic E-state index is 0.0400. The molecular weight excluding hydrogens is 446 g/mol. The molecule has 4 rings (SSSR count). The molecule has 3 aromatic rings. The number of aromatic nitrogens is 4. The van der Waals surface area contributed by atoms with Crippen molar-refractivity contribution in [3.8, 4) is 5.75 Å². The van der Waals surface area contributed by atoms with Gasteiger partial charge in [0.1, 0.15) is 30.7 Å². The third kappa shape index (κ3) is 5.03. The molecule has 4 atom stereocenters. The lowest BCUT2D eigenvalue weighted by atomic mass is 10.1. The zero-order chi connectivity index (χ0) is 24.2. The van der Waals surface area contributed by atoms with E-state index in [0.717, 1.165) is 0 Å². The van der Waals surface area contributed by atoms with Crippen molar-refractivity contribution >= 4 is 23.1 Å². The molecule has 3 heterocycles. The zero-order valence-corrected chi connectivity index (χ0v) is 19.0. The van der Waals surface area contributed by atoms with Crippen molar-refractivity contribution in [2.75, 3.05) is 25.6 Å². The smallest absolute Gasteiger partial charge is 0.344 e. The molecule has 0 amide bonds. The van der Waals surface area contributed by atoms with Crippen molar-refractivity contribution < 1.29 is 28.8 Å². The van der Waals surface area contributed by atoms with Crippen molar-refractivity contribution in [2.24, 2.45) is 0 Å². The van der Waals surface area contributed by atoms with Gasteiger partial charge < -0.3 is 29.4 Å². The van der Waals surface area contributed by atoms with Gasteiger partial charge in [-0.05, 0) is 26.0 Å². The Balaban J connectivity index is 1.46. The molecule has 182 valence electrons. The molecule has 0 unspecified atom stereocenters. The van der Waals surface area contributed by atoms with E-state index in [4.69, 9.17) is 18.9 Å². The molecular formula is C22H27N5O7. The number of ether oxygens (including phenoxy) is 4. The number of hydrogen-bond acceptors (Lipinski definition) is 10. The van der Waals surface area contributed by atoms with E-state index in [1.807, 2.05) is 19.9 Å². The number of carbonyl (C=O) groups excluding carboxylic acids is 1.